The smallest absolute Gasteiger partial charge is 0.316 e. The number of halogens is 3. The lowest BCUT2D eigenvalue weighted by atomic mass is 10.7. The van der Waals surface area contributed by atoms with Gasteiger partial charge < -0.3 is 5.21 Å². The average molecular weight is 147 g/mol. The molecule has 0 saturated heterocycles. The zero-order chi connectivity index (χ0) is 7.91. The highest BCUT2D eigenvalue weighted by Crippen LogP contribution is 2.11. The molecular weight excluding hydrogens is 135 g/mol. The van der Waals surface area contributed by atoms with Gasteiger partial charge in [0.2, 0.25) is 0 Å². The summed E-state index contributed by atoms with van der Waals surface area (Å²) in [4.78, 5) is 0. The van der Waals surface area contributed by atoms with Crippen molar-refractivity contribution < 1.29 is 19.8 Å². The second-order valence-electron chi connectivity index (χ2n) is 0.950. The Labute approximate surface area is 53.1 Å². The number of nitrogens with one attached hydrogen (secondary N) is 1. The number of hydrogen-bond donors (Lipinski definition) is 2. The van der Waals surface area contributed by atoms with Crippen molar-refractivity contribution in [1.82, 2.24) is 5.48 Å². The van der Waals surface area contributed by atoms with E-state index in [1.54, 1.807) is 0 Å². The first-order chi connectivity index (χ1) is 4.06. The van der Waals surface area contributed by atoms with Crippen LogP contribution in [0.4, 0.5) is 13.2 Å². The summed E-state index contributed by atoms with van der Waals surface area (Å²) in [5, 5.41) is 7.43. The lowest BCUT2D eigenvalue weighted by Crippen LogP contribution is -2.25. The van der Waals surface area contributed by atoms with Gasteiger partial charge in [-0.3, -0.25) is 0 Å². The molecule has 2 N–H and O–H groups in total. The Hall–Kier alpha value is -0.290. The Kier molecular flexibility index (Phi) is 7.46. The van der Waals surface area contributed by atoms with E-state index in [0.29, 0.717) is 0 Å². The summed E-state index contributed by atoms with van der Waals surface area (Å²) in [6, 6.07) is 0. The molecule has 0 aromatic rings. The van der Waals surface area contributed by atoms with E-state index in [1.165, 1.54) is 0 Å². The number of hydrogen-bond acceptors (Lipinski definition) is 2. The Bertz CT molecular complexity index is 59.0. The Balaban J connectivity index is -0.000000149. The van der Waals surface area contributed by atoms with Crippen molar-refractivity contribution >= 4 is 0 Å². The van der Waals surface area contributed by atoms with Crippen LogP contribution in [-0.4, -0.2) is 17.9 Å². The van der Waals surface area contributed by atoms with Crippen LogP contribution in [0.5, 0.6) is 0 Å². The number of alkyl halides is 3. The highest BCUT2D eigenvalue weighted by atomic mass is 19.4. The molecular formula is C4H12F3NO. The van der Waals surface area contributed by atoms with Crippen LogP contribution in [0, 0.1) is 0 Å². The summed E-state index contributed by atoms with van der Waals surface area (Å²) in [5.41, 5.74) is 0.983. The van der Waals surface area contributed by atoms with Gasteiger partial charge in [0.25, 0.3) is 0 Å². The zero-order valence-electron chi connectivity index (χ0n) is 5.29. The van der Waals surface area contributed by atoms with Gasteiger partial charge in [-0.15, -0.1) is 0 Å². The predicted octanol–water partition coefficient (Wildman–Crippen LogP) is 1.80. The first-order valence-corrected chi connectivity index (χ1v) is 2.50. The third-order valence-electron chi connectivity index (χ3n) is 0.280. The molecule has 0 rings (SSSR count). The van der Waals surface area contributed by atoms with Crippen molar-refractivity contribution in [2.24, 2.45) is 0 Å². The molecule has 0 aromatic heterocycles. The fraction of sp³-hybridized carbons (Fsp3) is 1.00. The SMILES string of the molecule is CC.ONCC(F)(F)F.[HH]. The van der Waals surface area contributed by atoms with Gasteiger partial charge in [-0.1, -0.05) is 13.8 Å². The van der Waals surface area contributed by atoms with Crippen LogP contribution < -0.4 is 5.48 Å². The summed E-state index contributed by atoms with van der Waals surface area (Å²) in [7, 11) is 0. The van der Waals surface area contributed by atoms with E-state index >= 15 is 0 Å². The molecule has 0 bridgehead atoms. The molecule has 0 aliphatic rings. The van der Waals surface area contributed by atoms with Crippen molar-refractivity contribution in [3.05, 3.63) is 0 Å². The summed E-state index contributed by atoms with van der Waals surface area (Å²) in [5.74, 6) is 0. The first-order valence-electron chi connectivity index (χ1n) is 2.50. The third-order valence-corrected chi connectivity index (χ3v) is 0.280. The molecule has 0 fully saturated rings. The maximum absolute atomic E-state index is 10.8. The van der Waals surface area contributed by atoms with Gasteiger partial charge in [-0.2, -0.15) is 18.7 Å². The number of hydroxylamine groups is 1. The van der Waals surface area contributed by atoms with Gasteiger partial charge >= 0.3 is 6.18 Å². The van der Waals surface area contributed by atoms with Gasteiger partial charge in [0.15, 0.2) is 0 Å². The molecule has 0 heterocycles. The molecule has 9 heavy (non-hydrogen) atoms. The monoisotopic (exact) mass is 147 g/mol. The molecule has 0 aliphatic heterocycles. The summed E-state index contributed by atoms with van der Waals surface area (Å²) >= 11 is 0. The Morgan fingerprint density at radius 3 is 1.78 bits per heavy atom. The van der Waals surface area contributed by atoms with Crippen LogP contribution in [0.25, 0.3) is 0 Å². The van der Waals surface area contributed by atoms with Crippen LogP contribution >= 0.6 is 0 Å². The van der Waals surface area contributed by atoms with Crippen LogP contribution in [0.1, 0.15) is 15.3 Å². The van der Waals surface area contributed by atoms with E-state index in [1.807, 2.05) is 13.8 Å². The molecule has 0 amide bonds. The molecule has 0 radical (unpaired) electrons. The number of rotatable bonds is 1. The molecule has 0 atom stereocenters. The van der Waals surface area contributed by atoms with Gasteiger partial charge in [0.1, 0.15) is 6.54 Å². The van der Waals surface area contributed by atoms with E-state index in [9.17, 15) is 13.2 Å². The molecule has 60 valence electrons. The zero-order valence-corrected chi connectivity index (χ0v) is 5.29. The minimum absolute atomic E-state index is 0. The predicted molar refractivity (Wildman–Crippen MR) is 29.3 cm³/mol. The van der Waals surface area contributed by atoms with Gasteiger partial charge in [-0.05, 0) is 0 Å². The molecule has 0 unspecified atom stereocenters. The average Bonchev–Trinajstić information content (AvgIpc) is 1.69. The van der Waals surface area contributed by atoms with Crippen LogP contribution in [0.15, 0.2) is 0 Å². The van der Waals surface area contributed by atoms with E-state index in [4.69, 9.17) is 5.21 Å². The lowest BCUT2D eigenvalue weighted by molar-refractivity contribution is -0.140. The molecule has 0 aliphatic carbocycles. The van der Waals surface area contributed by atoms with Crippen LogP contribution in [0.3, 0.4) is 0 Å². The van der Waals surface area contributed by atoms with Crippen LogP contribution in [0.2, 0.25) is 0 Å². The van der Waals surface area contributed by atoms with Crippen molar-refractivity contribution in [2.45, 2.75) is 20.0 Å². The van der Waals surface area contributed by atoms with E-state index < -0.39 is 12.7 Å². The Morgan fingerprint density at radius 2 is 1.78 bits per heavy atom. The van der Waals surface area contributed by atoms with Crippen molar-refractivity contribution in [1.29, 1.82) is 0 Å². The normalized spacial score (nSPS) is 10.0. The first kappa shape index (κ1) is 11.5. The third kappa shape index (κ3) is 18.3. The van der Waals surface area contributed by atoms with Crippen molar-refractivity contribution in [2.75, 3.05) is 6.54 Å². The highest BCUT2D eigenvalue weighted by Gasteiger charge is 2.25. The molecule has 2 nitrogen and oxygen atoms in total. The quantitative estimate of drug-likeness (QED) is 0.554. The second-order valence-corrected chi connectivity index (χ2v) is 0.950. The summed E-state index contributed by atoms with van der Waals surface area (Å²) < 4.78 is 32.5. The largest absolute Gasteiger partial charge is 0.403 e. The van der Waals surface area contributed by atoms with Gasteiger partial charge in [0, 0.05) is 1.43 Å². The topological polar surface area (TPSA) is 32.3 Å². The van der Waals surface area contributed by atoms with Gasteiger partial charge in [0.05, 0.1) is 0 Å². The second kappa shape index (κ2) is 5.84. The highest BCUT2D eigenvalue weighted by molar-refractivity contribution is 4.46. The fourth-order valence-electron chi connectivity index (χ4n) is 0.0896. The van der Waals surface area contributed by atoms with Crippen molar-refractivity contribution in [3.8, 4) is 0 Å². The maximum Gasteiger partial charge on any atom is 0.403 e. The Morgan fingerprint density at radius 1 is 1.44 bits per heavy atom. The van der Waals surface area contributed by atoms with E-state index in [2.05, 4.69) is 0 Å². The fourth-order valence-corrected chi connectivity index (χ4v) is 0.0896. The standard InChI is InChI=1S/C2H4F3NO.C2H6.H2/c3-2(4,5)1-6-7;1-2;/h6-7H,1H2;1-2H3;1H. The molecule has 0 spiro atoms. The molecule has 0 saturated carbocycles. The summed E-state index contributed by atoms with van der Waals surface area (Å²) in [6.45, 7) is 2.65. The van der Waals surface area contributed by atoms with Gasteiger partial charge in [-0.25, -0.2) is 0 Å². The molecule has 0 aromatic carbocycles. The van der Waals surface area contributed by atoms with Crippen LogP contribution in [-0.2, 0) is 0 Å². The van der Waals surface area contributed by atoms with E-state index in [-0.39, 0.29) is 1.43 Å². The lowest BCUT2D eigenvalue weighted by Gasteiger charge is -2.00. The maximum atomic E-state index is 10.8. The minimum Gasteiger partial charge on any atom is -0.316 e. The molecule has 5 heteroatoms. The minimum atomic E-state index is -4.31. The summed E-state index contributed by atoms with van der Waals surface area (Å²) in [6.07, 6.45) is -4.31. The van der Waals surface area contributed by atoms with E-state index in [0.717, 1.165) is 5.48 Å². The van der Waals surface area contributed by atoms with Crippen molar-refractivity contribution in [3.63, 3.8) is 0 Å².